The summed E-state index contributed by atoms with van der Waals surface area (Å²) in [4.78, 5) is 30.1. The van der Waals surface area contributed by atoms with Gasteiger partial charge in [-0.2, -0.15) is 0 Å². The Balaban J connectivity index is 1.49. The van der Waals surface area contributed by atoms with Crippen LogP contribution in [0, 0.1) is 5.41 Å². The summed E-state index contributed by atoms with van der Waals surface area (Å²) in [6, 6.07) is 7.51. The van der Waals surface area contributed by atoms with Crippen LogP contribution >= 0.6 is 0 Å². The van der Waals surface area contributed by atoms with Crippen LogP contribution < -0.4 is 19.1 Å². The summed E-state index contributed by atoms with van der Waals surface area (Å²) in [5.41, 5.74) is 3.28. The maximum absolute atomic E-state index is 13.9. The number of carbonyl (C=O) groups excluding carboxylic acids is 2. The van der Waals surface area contributed by atoms with Gasteiger partial charge < -0.3 is 28.7 Å². The van der Waals surface area contributed by atoms with Gasteiger partial charge in [0.1, 0.15) is 24.7 Å². The summed E-state index contributed by atoms with van der Waals surface area (Å²) in [6.07, 6.45) is 1.73. The lowest BCUT2D eigenvalue weighted by atomic mass is 9.84. The summed E-state index contributed by atoms with van der Waals surface area (Å²) in [5, 5.41) is 8.98. The van der Waals surface area contributed by atoms with Crippen molar-refractivity contribution in [3.05, 3.63) is 46.5 Å². The van der Waals surface area contributed by atoms with E-state index in [0.717, 1.165) is 35.2 Å². The molecule has 9 nitrogen and oxygen atoms in total. The summed E-state index contributed by atoms with van der Waals surface area (Å²) in [7, 11) is 3.18. The van der Waals surface area contributed by atoms with Crippen LogP contribution in [-0.4, -0.2) is 69.6 Å². The molecule has 0 aromatic heterocycles. The van der Waals surface area contributed by atoms with Crippen LogP contribution in [0.2, 0.25) is 0 Å². The molecule has 1 N–H and O–H groups in total. The Kier molecular flexibility index (Phi) is 6.73. The second-order valence-corrected chi connectivity index (χ2v) is 11.3. The van der Waals surface area contributed by atoms with Crippen LogP contribution in [0.3, 0.4) is 0 Å². The van der Waals surface area contributed by atoms with E-state index in [-0.39, 0.29) is 35.8 Å². The lowest BCUT2D eigenvalue weighted by Crippen LogP contribution is -2.39. The van der Waals surface area contributed by atoms with E-state index in [9.17, 15) is 9.59 Å². The van der Waals surface area contributed by atoms with Crippen molar-refractivity contribution in [3.8, 4) is 17.2 Å². The number of benzene rings is 2. The SMILES string of the molecule is CCOC(=O)CN1CCOc2c1cc(C(=O)CN1C(=N)c3cc(OC)c(OC)cc3C13CC3)cc2C(C)(C)C. The number of esters is 1. The van der Waals surface area contributed by atoms with Crippen molar-refractivity contribution in [2.45, 2.75) is 51.5 Å². The molecule has 0 saturated heterocycles. The quantitative estimate of drug-likeness (QED) is 0.395. The molecule has 0 atom stereocenters. The Morgan fingerprint density at radius 2 is 1.74 bits per heavy atom. The number of carbonyl (C=O) groups is 2. The second-order valence-electron chi connectivity index (χ2n) is 11.3. The minimum Gasteiger partial charge on any atom is -0.493 e. The van der Waals surface area contributed by atoms with E-state index in [1.807, 2.05) is 34.1 Å². The molecule has 2 heterocycles. The molecular weight excluding hydrogens is 498 g/mol. The van der Waals surface area contributed by atoms with E-state index < -0.39 is 0 Å². The zero-order valence-corrected chi connectivity index (χ0v) is 23.6. The molecule has 208 valence electrons. The number of Topliss-reactive ketones (excluding diaryl/α,β-unsaturated/α-hetero) is 1. The third-order valence-corrected chi connectivity index (χ3v) is 7.86. The van der Waals surface area contributed by atoms with E-state index in [4.69, 9.17) is 24.4 Å². The fourth-order valence-electron chi connectivity index (χ4n) is 5.71. The van der Waals surface area contributed by atoms with Crippen molar-refractivity contribution in [2.24, 2.45) is 0 Å². The van der Waals surface area contributed by atoms with Gasteiger partial charge in [-0.15, -0.1) is 0 Å². The minimum absolute atomic E-state index is 0.0687. The number of ether oxygens (including phenoxy) is 4. The number of methoxy groups -OCH3 is 2. The first-order chi connectivity index (χ1) is 18.5. The van der Waals surface area contributed by atoms with Gasteiger partial charge in [-0.05, 0) is 55.0 Å². The van der Waals surface area contributed by atoms with Crippen molar-refractivity contribution in [3.63, 3.8) is 0 Å². The van der Waals surface area contributed by atoms with Gasteiger partial charge in [0.2, 0.25) is 0 Å². The zero-order chi connectivity index (χ0) is 28.1. The third-order valence-electron chi connectivity index (χ3n) is 7.86. The maximum atomic E-state index is 13.9. The highest BCUT2D eigenvalue weighted by Crippen LogP contribution is 2.58. The second kappa shape index (κ2) is 9.77. The zero-order valence-electron chi connectivity index (χ0n) is 23.6. The average molecular weight is 536 g/mol. The number of nitrogens with zero attached hydrogens (tertiary/aromatic N) is 2. The summed E-state index contributed by atoms with van der Waals surface area (Å²) >= 11 is 0. The number of anilines is 1. The molecule has 1 saturated carbocycles. The Hall–Kier alpha value is -3.75. The molecule has 0 unspecified atom stereocenters. The molecule has 3 aliphatic rings. The summed E-state index contributed by atoms with van der Waals surface area (Å²) in [5.74, 6) is 1.80. The lowest BCUT2D eigenvalue weighted by Gasteiger charge is -2.35. The van der Waals surface area contributed by atoms with Crippen LogP contribution in [0.1, 0.15) is 67.6 Å². The van der Waals surface area contributed by atoms with Gasteiger partial charge in [0.05, 0.1) is 45.1 Å². The normalized spacial score (nSPS) is 16.9. The molecule has 1 fully saturated rings. The monoisotopic (exact) mass is 535 g/mol. The van der Waals surface area contributed by atoms with Crippen molar-refractivity contribution in [2.75, 3.05) is 52.0 Å². The van der Waals surface area contributed by atoms with Gasteiger partial charge in [0.25, 0.3) is 0 Å². The van der Waals surface area contributed by atoms with Gasteiger partial charge in [0, 0.05) is 16.7 Å². The van der Waals surface area contributed by atoms with Crippen molar-refractivity contribution < 1.29 is 28.5 Å². The Morgan fingerprint density at radius 3 is 2.36 bits per heavy atom. The largest absolute Gasteiger partial charge is 0.493 e. The number of hydrogen-bond acceptors (Lipinski definition) is 8. The summed E-state index contributed by atoms with van der Waals surface area (Å²) < 4.78 is 22.3. The molecule has 0 bridgehead atoms. The van der Waals surface area contributed by atoms with E-state index in [0.29, 0.717) is 48.4 Å². The first kappa shape index (κ1) is 26.8. The van der Waals surface area contributed by atoms with E-state index in [1.165, 1.54) is 0 Å². The predicted molar refractivity (Wildman–Crippen MR) is 148 cm³/mol. The van der Waals surface area contributed by atoms with Crippen molar-refractivity contribution >= 4 is 23.3 Å². The minimum atomic E-state index is -0.373. The fraction of sp³-hybridized carbons (Fsp3) is 0.500. The van der Waals surface area contributed by atoms with Crippen molar-refractivity contribution in [1.29, 1.82) is 5.41 Å². The third kappa shape index (κ3) is 4.57. The molecular formula is C30H37N3O6. The molecule has 0 amide bonds. The van der Waals surface area contributed by atoms with Gasteiger partial charge in [-0.25, -0.2) is 0 Å². The van der Waals surface area contributed by atoms with Crippen LogP contribution in [0.4, 0.5) is 5.69 Å². The van der Waals surface area contributed by atoms with Gasteiger partial charge in [-0.3, -0.25) is 15.0 Å². The van der Waals surface area contributed by atoms with Crippen LogP contribution in [0.25, 0.3) is 0 Å². The highest BCUT2D eigenvalue weighted by Gasteiger charge is 2.57. The molecule has 1 aliphatic carbocycles. The molecule has 5 rings (SSSR count). The van der Waals surface area contributed by atoms with Crippen LogP contribution in [0.15, 0.2) is 24.3 Å². The first-order valence-electron chi connectivity index (χ1n) is 13.4. The van der Waals surface area contributed by atoms with Gasteiger partial charge >= 0.3 is 5.97 Å². The Labute approximate surface area is 229 Å². The smallest absolute Gasteiger partial charge is 0.325 e. The molecule has 2 aliphatic heterocycles. The van der Waals surface area contributed by atoms with Crippen LogP contribution in [0.5, 0.6) is 17.2 Å². The Bertz CT molecular complexity index is 1340. The number of amidine groups is 1. The van der Waals surface area contributed by atoms with Gasteiger partial charge in [-0.1, -0.05) is 20.8 Å². The van der Waals surface area contributed by atoms with Gasteiger partial charge in [0.15, 0.2) is 17.3 Å². The molecule has 0 radical (unpaired) electrons. The fourth-order valence-corrected chi connectivity index (χ4v) is 5.71. The summed E-state index contributed by atoms with van der Waals surface area (Å²) in [6.45, 7) is 9.46. The topological polar surface area (TPSA) is 101 Å². The van der Waals surface area contributed by atoms with E-state index in [2.05, 4.69) is 20.8 Å². The molecule has 39 heavy (non-hydrogen) atoms. The maximum Gasteiger partial charge on any atom is 0.325 e. The van der Waals surface area contributed by atoms with E-state index >= 15 is 0 Å². The average Bonchev–Trinajstić information content (AvgIpc) is 3.67. The first-order valence-corrected chi connectivity index (χ1v) is 13.4. The molecule has 9 heteroatoms. The highest BCUT2D eigenvalue weighted by atomic mass is 16.5. The Morgan fingerprint density at radius 1 is 1.05 bits per heavy atom. The molecule has 2 aromatic rings. The number of rotatable bonds is 8. The number of nitrogens with one attached hydrogen (secondary N) is 1. The standard InChI is InChI=1S/C30H37N3O6/c1-7-38-26(35)17-32-10-11-39-27-21(29(2,3)4)12-18(13-22(27)32)23(34)16-33-28(31)19-14-24(36-5)25(37-6)15-20(19)30(33)8-9-30/h12-15,31H,7-11,16-17H2,1-6H3. The number of fused-ring (bicyclic) bond motifs is 3. The van der Waals surface area contributed by atoms with E-state index in [1.54, 1.807) is 21.1 Å². The highest BCUT2D eigenvalue weighted by molar-refractivity contribution is 6.07. The number of ketones is 1. The number of hydrogen-bond donors (Lipinski definition) is 1. The van der Waals surface area contributed by atoms with Crippen LogP contribution in [-0.2, 0) is 20.5 Å². The molecule has 2 aromatic carbocycles. The predicted octanol–water partition coefficient (Wildman–Crippen LogP) is 4.28. The lowest BCUT2D eigenvalue weighted by molar-refractivity contribution is -0.141. The molecule has 1 spiro atoms. The van der Waals surface area contributed by atoms with Crippen molar-refractivity contribution in [1.82, 2.24) is 4.90 Å².